The second-order valence-corrected chi connectivity index (χ2v) is 10.3. The lowest BCUT2D eigenvalue weighted by Crippen LogP contribution is -2.31. The molecule has 1 aromatic heterocycles. The molecule has 1 aliphatic heterocycles. The summed E-state index contributed by atoms with van der Waals surface area (Å²) in [5, 5.41) is 6.09. The second kappa shape index (κ2) is 6.56. The van der Waals surface area contributed by atoms with Gasteiger partial charge in [-0.2, -0.15) is 0 Å². The predicted octanol–water partition coefficient (Wildman–Crippen LogP) is 7.64. The lowest BCUT2D eigenvalue weighted by atomic mass is 9.86. The Labute approximate surface area is 191 Å². The number of ether oxygens (including phenoxy) is 1. The van der Waals surface area contributed by atoms with Crippen molar-refractivity contribution in [3.63, 3.8) is 0 Å². The average molecular weight is 421 g/mol. The number of nitrogens with zero attached hydrogens (tertiary/aromatic N) is 1. The summed E-state index contributed by atoms with van der Waals surface area (Å²) >= 11 is 0. The van der Waals surface area contributed by atoms with Gasteiger partial charge in [0, 0.05) is 11.4 Å². The summed E-state index contributed by atoms with van der Waals surface area (Å²) in [6.45, 7) is 8.86. The van der Waals surface area contributed by atoms with E-state index in [-0.39, 0.29) is 17.6 Å². The Morgan fingerprint density at radius 1 is 0.906 bits per heavy atom. The number of hydrogen-bond donors (Lipinski definition) is 0. The first kappa shape index (κ1) is 17.2. The number of benzene rings is 4. The number of aryl methyl sites for hydroxylation is 1. The fourth-order valence-electron chi connectivity index (χ4n) is 5.24. The molecule has 0 saturated carbocycles. The molecule has 2 nitrogen and oxygen atoms in total. The summed E-state index contributed by atoms with van der Waals surface area (Å²) in [6, 6.07) is 19.3. The fraction of sp³-hybridized carbons (Fsp3) is 0.233. The smallest absolute Gasteiger partial charge is 0.228 e. The molecule has 158 valence electrons. The van der Waals surface area contributed by atoms with E-state index in [1.54, 1.807) is 0 Å². The molecular weight excluding hydrogens is 390 g/mol. The van der Waals surface area contributed by atoms with E-state index in [0.29, 0.717) is 0 Å². The van der Waals surface area contributed by atoms with Crippen LogP contribution < -0.4 is 9.30 Å². The van der Waals surface area contributed by atoms with Gasteiger partial charge < -0.3 is 4.74 Å². The molecular formula is C30H28NO+. The maximum absolute atomic E-state index is 8.91. The maximum Gasteiger partial charge on any atom is 0.228 e. The normalized spacial score (nSPS) is 13.8. The van der Waals surface area contributed by atoms with Crippen molar-refractivity contribution < 1.29 is 12.0 Å². The van der Waals surface area contributed by atoms with Crippen LogP contribution in [0.15, 0.2) is 66.8 Å². The lowest BCUT2D eigenvalue weighted by molar-refractivity contribution is -0.659. The van der Waals surface area contributed by atoms with Crippen molar-refractivity contribution in [2.75, 3.05) is 0 Å². The largest absolute Gasteiger partial charge is 0.456 e. The maximum atomic E-state index is 8.91. The van der Waals surface area contributed by atoms with E-state index >= 15 is 0 Å². The highest BCUT2D eigenvalue weighted by molar-refractivity contribution is 6.16. The van der Waals surface area contributed by atoms with Crippen molar-refractivity contribution in [2.45, 2.75) is 34.1 Å². The van der Waals surface area contributed by atoms with Crippen LogP contribution in [-0.2, 0) is 13.5 Å². The topological polar surface area (TPSA) is 13.1 Å². The van der Waals surface area contributed by atoms with Gasteiger partial charge in [0.2, 0.25) is 5.69 Å². The van der Waals surface area contributed by atoms with Gasteiger partial charge in [0.1, 0.15) is 19.9 Å². The molecule has 5 aromatic rings. The Morgan fingerprint density at radius 2 is 1.69 bits per heavy atom. The van der Waals surface area contributed by atoms with Crippen LogP contribution in [0.3, 0.4) is 0 Å². The van der Waals surface area contributed by atoms with Crippen molar-refractivity contribution in [1.82, 2.24) is 0 Å². The highest BCUT2D eigenvalue weighted by Crippen LogP contribution is 2.49. The third-order valence-corrected chi connectivity index (χ3v) is 6.55. The first-order valence-electron chi connectivity index (χ1n) is 12.2. The van der Waals surface area contributed by atoms with Gasteiger partial charge >= 0.3 is 0 Å². The van der Waals surface area contributed by atoms with E-state index in [0.717, 1.165) is 61.7 Å². The minimum Gasteiger partial charge on any atom is -0.456 e. The second-order valence-electron chi connectivity index (χ2n) is 10.3. The van der Waals surface area contributed by atoms with Gasteiger partial charge in [-0.3, -0.25) is 0 Å². The molecule has 0 unspecified atom stereocenters. The summed E-state index contributed by atoms with van der Waals surface area (Å²) < 4.78 is 26.1. The molecule has 0 radical (unpaired) electrons. The van der Waals surface area contributed by atoms with Crippen LogP contribution in [-0.4, -0.2) is 0 Å². The van der Waals surface area contributed by atoms with Crippen molar-refractivity contribution in [2.24, 2.45) is 12.5 Å². The minimum absolute atomic E-state index is 0.183. The molecule has 0 spiro atoms. The number of fused-ring (bicyclic) bond motifs is 5. The van der Waals surface area contributed by atoms with Gasteiger partial charge in [-0.25, -0.2) is 4.57 Å². The first-order chi connectivity index (χ1) is 16.1. The van der Waals surface area contributed by atoms with E-state index < -0.39 is 0 Å². The van der Waals surface area contributed by atoms with Gasteiger partial charge in [0.05, 0.1) is 12.3 Å². The molecule has 1 aliphatic rings. The SMILES string of the molecule is [2H]c1c([2H])[n+](C)c2c3c(cc4cc(CC(C)(C)C)ccc4c13)Oc1cc3ccccc3c(C)c1-2. The van der Waals surface area contributed by atoms with Crippen molar-refractivity contribution in [3.8, 4) is 22.8 Å². The quantitative estimate of drug-likeness (QED) is 0.197. The molecule has 0 fully saturated rings. The van der Waals surface area contributed by atoms with Crippen molar-refractivity contribution in [3.05, 3.63) is 77.9 Å². The van der Waals surface area contributed by atoms with E-state index in [2.05, 4.69) is 76.2 Å². The van der Waals surface area contributed by atoms with Crippen molar-refractivity contribution in [1.29, 1.82) is 0 Å². The molecule has 0 saturated heterocycles. The Balaban J connectivity index is 1.76. The van der Waals surface area contributed by atoms with Crippen molar-refractivity contribution >= 4 is 32.3 Å². The molecule has 0 bridgehead atoms. The van der Waals surface area contributed by atoms with Crippen LogP contribution in [0.2, 0.25) is 0 Å². The summed E-state index contributed by atoms with van der Waals surface area (Å²) in [4.78, 5) is 0. The highest BCUT2D eigenvalue weighted by atomic mass is 16.5. The Morgan fingerprint density at radius 3 is 2.50 bits per heavy atom. The van der Waals surface area contributed by atoms with Gasteiger partial charge in [0.25, 0.3) is 0 Å². The molecule has 2 heteroatoms. The molecule has 32 heavy (non-hydrogen) atoms. The zero-order valence-corrected chi connectivity index (χ0v) is 19.3. The summed E-state index contributed by atoms with van der Waals surface area (Å²) in [7, 11) is 1.89. The lowest BCUT2D eigenvalue weighted by Gasteiger charge is -2.23. The average Bonchev–Trinajstić information content (AvgIpc) is 2.78. The van der Waals surface area contributed by atoms with Crippen LogP contribution in [0.5, 0.6) is 11.5 Å². The Bertz CT molecular complexity index is 1680. The van der Waals surface area contributed by atoms with Crippen LogP contribution in [0.25, 0.3) is 43.6 Å². The molecule has 0 amide bonds. The first-order valence-corrected chi connectivity index (χ1v) is 11.2. The van der Waals surface area contributed by atoms with Crippen LogP contribution in [0, 0.1) is 12.3 Å². The van der Waals surface area contributed by atoms with E-state index in [1.165, 1.54) is 10.9 Å². The minimum atomic E-state index is 0.183. The fourth-order valence-corrected chi connectivity index (χ4v) is 5.24. The number of rotatable bonds is 1. The number of aromatic nitrogens is 1. The van der Waals surface area contributed by atoms with E-state index in [9.17, 15) is 0 Å². The zero-order chi connectivity index (χ0) is 23.9. The standard InChI is InChI=1S/C30H28NO/c1-18-22-9-7-6-8-20(22)15-25-27(18)29-28-24(12-13-31(29)5)23-11-10-19(17-30(2,3)4)14-21(23)16-26(28)32-25/h6-16H,17H2,1-5H3/q+1/i12D,13D. The number of pyridine rings is 1. The Kier molecular flexibility index (Phi) is 3.52. The molecule has 0 N–H and O–H groups in total. The molecule has 4 aromatic carbocycles. The van der Waals surface area contributed by atoms with Gasteiger partial charge in [-0.1, -0.05) is 63.2 Å². The van der Waals surface area contributed by atoms with E-state index in [4.69, 9.17) is 7.48 Å². The monoisotopic (exact) mass is 420 g/mol. The van der Waals surface area contributed by atoms with Gasteiger partial charge in [0.15, 0.2) is 6.17 Å². The highest BCUT2D eigenvalue weighted by Gasteiger charge is 2.31. The Hall–Kier alpha value is -3.39. The third-order valence-electron chi connectivity index (χ3n) is 6.55. The molecule has 0 atom stereocenters. The van der Waals surface area contributed by atoms with Crippen LogP contribution in [0.1, 0.15) is 34.6 Å². The van der Waals surface area contributed by atoms with Gasteiger partial charge in [-0.15, -0.1) is 0 Å². The summed E-state index contributed by atoms with van der Waals surface area (Å²) in [5.74, 6) is 1.57. The van der Waals surface area contributed by atoms with Crippen LogP contribution in [0.4, 0.5) is 0 Å². The summed E-state index contributed by atoms with van der Waals surface area (Å²) in [6.07, 6.45) is 1.18. The number of hydrogen-bond acceptors (Lipinski definition) is 1. The van der Waals surface area contributed by atoms with Crippen LogP contribution >= 0.6 is 0 Å². The molecule has 6 rings (SSSR count). The molecule has 0 aliphatic carbocycles. The predicted molar refractivity (Wildman–Crippen MR) is 134 cm³/mol. The summed E-state index contributed by atoms with van der Waals surface area (Å²) in [5.41, 5.74) is 4.55. The molecule has 2 heterocycles. The third kappa shape index (κ3) is 2.82. The van der Waals surface area contributed by atoms with Gasteiger partial charge in [-0.05, 0) is 63.6 Å². The zero-order valence-electron chi connectivity index (χ0n) is 21.3. The van der Waals surface area contributed by atoms with E-state index in [1.807, 2.05) is 17.7 Å².